The standard InChI is InChI=1S/C20H22ClN3O4/c1-3-11-28-20-14(7-6-10-17(20)27-2)13-22-24-19(26)12-18(25)23-16-9-5-4-8-15(16)21/h4-10,13H,3,11-12H2,1-2H3,(H,23,25)(H,24,26). The van der Waals surface area contributed by atoms with Crippen LogP contribution in [-0.2, 0) is 9.59 Å². The molecule has 0 fully saturated rings. The van der Waals surface area contributed by atoms with E-state index in [-0.39, 0.29) is 6.42 Å². The van der Waals surface area contributed by atoms with Crippen molar-refractivity contribution in [2.75, 3.05) is 19.0 Å². The van der Waals surface area contributed by atoms with E-state index in [1.807, 2.05) is 6.92 Å². The molecule has 0 aliphatic heterocycles. The number of benzene rings is 2. The Morgan fingerprint density at radius 3 is 2.64 bits per heavy atom. The molecule has 8 heteroatoms. The van der Waals surface area contributed by atoms with Crippen molar-refractivity contribution in [3.05, 3.63) is 53.1 Å². The monoisotopic (exact) mass is 403 g/mol. The lowest BCUT2D eigenvalue weighted by molar-refractivity contribution is -0.126. The highest BCUT2D eigenvalue weighted by molar-refractivity contribution is 6.33. The molecular formula is C20H22ClN3O4. The number of hydrogen-bond acceptors (Lipinski definition) is 5. The van der Waals surface area contributed by atoms with Crippen LogP contribution in [0.25, 0.3) is 0 Å². The number of amides is 2. The summed E-state index contributed by atoms with van der Waals surface area (Å²) < 4.78 is 11.0. The first-order valence-electron chi connectivity index (χ1n) is 8.71. The zero-order valence-corrected chi connectivity index (χ0v) is 16.5. The average Bonchev–Trinajstić information content (AvgIpc) is 2.68. The molecule has 0 spiro atoms. The minimum absolute atomic E-state index is 0.389. The maximum atomic E-state index is 11.9. The van der Waals surface area contributed by atoms with Crippen molar-refractivity contribution >= 4 is 35.3 Å². The van der Waals surface area contributed by atoms with E-state index in [9.17, 15) is 9.59 Å². The van der Waals surface area contributed by atoms with Crippen LogP contribution >= 0.6 is 11.6 Å². The third kappa shape index (κ3) is 6.28. The molecule has 0 heterocycles. The van der Waals surface area contributed by atoms with E-state index in [0.29, 0.717) is 34.4 Å². The largest absolute Gasteiger partial charge is 0.493 e. The van der Waals surface area contributed by atoms with Gasteiger partial charge in [0.1, 0.15) is 6.42 Å². The minimum Gasteiger partial charge on any atom is -0.493 e. The number of para-hydroxylation sites is 2. The number of nitrogens with one attached hydrogen (secondary N) is 2. The molecule has 0 aromatic heterocycles. The summed E-state index contributed by atoms with van der Waals surface area (Å²) in [6, 6.07) is 12.1. The molecule has 0 aliphatic carbocycles. The van der Waals surface area contributed by atoms with Gasteiger partial charge in [-0.1, -0.05) is 36.7 Å². The van der Waals surface area contributed by atoms with Crippen molar-refractivity contribution < 1.29 is 19.1 Å². The molecule has 0 saturated heterocycles. The van der Waals surface area contributed by atoms with Crippen molar-refractivity contribution in [1.29, 1.82) is 0 Å². The van der Waals surface area contributed by atoms with Gasteiger partial charge in [-0.05, 0) is 30.7 Å². The van der Waals surface area contributed by atoms with Gasteiger partial charge >= 0.3 is 0 Å². The highest BCUT2D eigenvalue weighted by Gasteiger charge is 2.11. The summed E-state index contributed by atoms with van der Waals surface area (Å²) in [5, 5.41) is 6.87. The van der Waals surface area contributed by atoms with Gasteiger partial charge in [-0.3, -0.25) is 9.59 Å². The van der Waals surface area contributed by atoms with Crippen LogP contribution in [0.2, 0.25) is 5.02 Å². The summed E-state index contributed by atoms with van der Waals surface area (Å²) in [5.74, 6) is 0.0676. The Morgan fingerprint density at radius 2 is 1.93 bits per heavy atom. The Kier molecular flexibility index (Phi) is 8.30. The molecule has 2 rings (SSSR count). The van der Waals surface area contributed by atoms with Crippen LogP contribution in [0.1, 0.15) is 25.3 Å². The number of halogens is 1. The van der Waals surface area contributed by atoms with Crippen molar-refractivity contribution in [3.63, 3.8) is 0 Å². The molecule has 0 radical (unpaired) electrons. The van der Waals surface area contributed by atoms with Crippen molar-refractivity contribution in [1.82, 2.24) is 5.43 Å². The highest BCUT2D eigenvalue weighted by Crippen LogP contribution is 2.30. The maximum Gasteiger partial charge on any atom is 0.249 e. The summed E-state index contributed by atoms with van der Waals surface area (Å²) in [6.45, 7) is 2.52. The SMILES string of the molecule is CCCOc1c(C=NNC(=O)CC(=O)Nc2ccccc2Cl)cccc1OC. The fraction of sp³-hybridized carbons (Fsp3) is 0.250. The number of carbonyl (C=O) groups excluding carboxylic acids is 2. The highest BCUT2D eigenvalue weighted by atomic mass is 35.5. The van der Waals surface area contributed by atoms with E-state index in [1.54, 1.807) is 49.6 Å². The second-order valence-electron chi connectivity index (χ2n) is 5.73. The normalized spacial score (nSPS) is 10.5. The molecule has 0 bridgehead atoms. The van der Waals surface area contributed by atoms with Gasteiger partial charge in [0.05, 0.1) is 30.6 Å². The molecule has 2 aromatic carbocycles. The zero-order chi connectivity index (χ0) is 20.4. The number of carbonyl (C=O) groups is 2. The lowest BCUT2D eigenvalue weighted by atomic mass is 10.2. The molecule has 7 nitrogen and oxygen atoms in total. The quantitative estimate of drug-likeness (QED) is 0.380. The maximum absolute atomic E-state index is 11.9. The van der Waals surface area contributed by atoms with Crippen molar-refractivity contribution in [3.8, 4) is 11.5 Å². The fourth-order valence-corrected chi connectivity index (χ4v) is 2.45. The van der Waals surface area contributed by atoms with Gasteiger partial charge in [-0.15, -0.1) is 0 Å². The number of hydrazone groups is 1. The van der Waals surface area contributed by atoms with Crippen LogP contribution in [0.15, 0.2) is 47.6 Å². The fourth-order valence-electron chi connectivity index (χ4n) is 2.27. The number of rotatable bonds is 9. The summed E-state index contributed by atoms with van der Waals surface area (Å²) >= 11 is 5.97. The molecule has 0 aliphatic rings. The Labute approximate surface area is 168 Å². The number of methoxy groups -OCH3 is 1. The van der Waals surface area contributed by atoms with E-state index in [0.717, 1.165) is 6.42 Å². The topological polar surface area (TPSA) is 89.0 Å². The number of hydrogen-bond donors (Lipinski definition) is 2. The van der Waals surface area contributed by atoms with Crippen LogP contribution in [0, 0.1) is 0 Å². The Bertz CT molecular complexity index is 855. The lowest BCUT2D eigenvalue weighted by Gasteiger charge is -2.12. The predicted molar refractivity (Wildman–Crippen MR) is 109 cm³/mol. The van der Waals surface area contributed by atoms with Gasteiger partial charge in [0, 0.05) is 5.56 Å². The number of nitrogens with zero attached hydrogens (tertiary/aromatic N) is 1. The minimum atomic E-state index is -0.556. The van der Waals surface area contributed by atoms with Gasteiger partial charge < -0.3 is 14.8 Å². The Balaban J connectivity index is 1.94. The third-order valence-corrected chi connectivity index (χ3v) is 3.87. The van der Waals surface area contributed by atoms with Gasteiger partial charge in [0.15, 0.2) is 11.5 Å². The van der Waals surface area contributed by atoms with Gasteiger partial charge in [-0.2, -0.15) is 5.10 Å². The Morgan fingerprint density at radius 1 is 1.14 bits per heavy atom. The second-order valence-corrected chi connectivity index (χ2v) is 6.13. The van der Waals surface area contributed by atoms with Crippen LogP contribution in [0.4, 0.5) is 5.69 Å². The summed E-state index contributed by atoms with van der Waals surface area (Å²) in [4.78, 5) is 23.9. The summed E-state index contributed by atoms with van der Waals surface area (Å²) in [7, 11) is 1.55. The second kappa shape index (κ2) is 10.9. The lowest BCUT2D eigenvalue weighted by Crippen LogP contribution is -2.24. The van der Waals surface area contributed by atoms with Crippen LogP contribution in [0.3, 0.4) is 0 Å². The first kappa shape index (κ1) is 21.2. The van der Waals surface area contributed by atoms with E-state index in [4.69, 9.17) is 21.1 Å². The van der Waals surface area contributed by atoms with E-state index < -0.39 is 11.8 Å². The first-order chi connectivity index (χ1) is 13.5. The number of ether oxygens (including phenoxy) is 2. The summed E-state index contributed by atoms with van der Waals surface area (Å²) in [5.41, 5.74) is 3.41. The molecule has 148 valence electrons. The van der Waals surface area contributed by atoms with Crippen LogP contribution in [-0.4, -0.2) is 31.7 Å². The molecule has 2 aromatic rings. The Hall–Kier alpha value is -3.06. The summed E-state index contributed by atoms with van der Waals surface area (Å²) in [6.07, 6.45) is 1.89. The van der Waals surface area contributed by atoms with E-state index in [2.05, 4.69) is 15.8 Å². The van der Waals surface area contributed by atoms with Crippen molar-refractivity contribution in [2.45, 2.75) is 19.8 Å². The first-order valence-corrected chi connectivity index (χ1v) is 9.09. The molecule has 2 N–H and O–H groups in total. The predicted octanol–water partition coefficient (Wildman–Crippen LogP) is 3.62. The smallest absolute Gasteiger partial charge is 0.249 e. The number of anilines is 1. The van der Waals surface area contributed by atoms with Gasteiger partial charge in [0.2, 0.25) is 11.8 Å². The van der Waals surface area contributed by atoms with Crippen molar-refractivity contribution in [2.24, 2.45) is 5.10 Å². The third-order valence-electron chi connectivity index (χ3n) is 3.54. The molecule has 28 heavy (non-hydrogen) atoms. The molecule has 0 saturated carbocycles. The molecule has 0 unspecified atom stereocenters. The van der Waals surface area contributed by atoms with Gasteiger partial charge in [0.25, 0.3) is 0 Å². The van der Waals surface area contributed by atoms with E-state index in [1.165, 1.54) is 6.21 Å². The molecule has 2 amide bonds. The van der Waals surface area contributed by atoms with E-state index >= 15 is 0 Å². The average molecular weight is 404 g/mol. The van der Waals surface area contributed by atoms with Crippen LogP contribution < -0.4 is 20.2 Å². The van der Waals surface area contributed by atoms with Gasteiger partial charge in [-0.25, -0.2) is 5.43 Å². The molecule has 0 atom stereocenters. The molecular weight excluding hydrogens is 382 g/mol. The zero-order valence-electron chi connectivity index (χ0n) is 15.7. The van der Waals surface area contributed by atoms with Crippen LogP contribution in [0.5, 0.6) is 11.5 Å².